The standard InChI is InChI=1S/C18H18O/c1-2-3-4-8-15-19-18-13-11-17(12-14-18)16-9-6-5-7-10-16/h2-14H,15H2,1H3/b3-2+,8-4+. The lowest BCUT2D eigenvalue weighted by Crippen LogP contribution is -1.92. The van der Waals surface area contributed by atoms with E-state index in [1.54, 1.807) is 0 Å². The van der Waals surface area contributed by atoms with E-state index in [1.165, 1.54) is 11.1 Å². The quantitative estimate of drug-likeness (QED) is 0.688. The fourth-order valence-corrected chi connectivity index (χ4v) is 1.76. The van der Waals surface area contributed by atoms with Gasteiger partial charge in [-0.05, 0) is 36.3 Å². The van der Waals surface area contributed by atoms with Gasteiger partial charge in [-0.15, -0.1) is 0 Å². The Labute approximate surface area is 114 Å². The Bertz CT molecular complexity index is 536. The van der Waals surface area contributed by atoms with Crippen molar-refractivity contribution in [2.24, 2.45) is 0 Å². The Morgan fingerprint density at radius 1 is 0.842 bits per heavy atom. The minimum atomic E-state index is 0.592. The van der Waals surface area contributed by atoms with Crippen LogP contribution in [-0.2, 0) is 0 Å². The monoisotopic (exact) mass is 250 g/mol. The van der Waals surface area contributed by atoms with E-state index in [-0.39, 0.29) is 0 Å². The van der Waals surface area contributed by atoms with Crippen molar-refractivity contribution in [3.05, 3.63) is 78.9 Å². The molecule has 2 rings (SSSR count). The van der Waals surface area contributed by atoms with Gasteiger partial charge in [-0.25, -0.2) is 0 Å². The van der Waals surface area contributed by atoms with Gasteiger partial charge in [0.1, 0.15) is 12.4 Å². The van der Waals surface area contributed by atoms with Crippen LogP contribution in [0.5, 0.6) is 5.75 Å². The first-order valence-corrected chi connectivity index (χ1v) is 6.46. The van der Waals surface area contributed by atoms with Crippen molar-refractivity contribution in [1.29, 1.82) is 0 Å². The van der Waals surface area contributed by atoms with Crippen LogP contribution in [0.3, 0.4) is 0 Å². The predicted octanol–water partition coefficient (Wildman–Crippen LogP) is 4.86. The van der Waals surface area contributed by atoms with Crippen molar-refractivity contribution in [3.63, 3.8) is 0 Å². The second-order valence-corrected chi connectivity index (χ2v) is 4.16. The molecule has 0 unspecified atom stereocenters. The molecule has 0 atom stereocenters. The van der Waals surface area contributed by atoms with Gasteiger partial charge < -0.3 is 4.74 Å². The molecule has 0 aliphatic rings. The van der Waals surface area contributed by atoms with E-state index >= 15 is 0 Å². The third kappa shape index (κ3) is 4.14. The number of ether oxygens (including phenoxy) is 1. The average Bonchev–Trinajstić information content (AvgIpc) is 2.49. The van der Waals surface area contributed by atoms with Gasteiger partial charge in [0.25, 0.3) is 0 Å². The Kier molecular flexibility index (Phi) is 5.00. The molecule has 0 amide bonds. The minimum absolute atomic E-state index is 0.592. The summed E-state index contributed by atoms with van der Waals surface area (Å²) in [6.07, 6.45) is 7.95. The normalized spacial score (nSPS) is 11.2. The molecule has 1 nitrogen and oxygen atoms in total. The summed E-state index contributed by atoms with van der Waals surface area (Å²) in [5.41, 5.74) is 2.43. The van der Waals surface area contributed by atoms with Crippen molar-refractivity contribution in [3.8, 4) is 16.9 Å². The van der Waals surface area contributed by atoms with Crippen LogP contribution >= 0.6 is 0 Å². The minimum Gasteiger partial charge on any atom is -0.490 e. The van der Waals surface area contributed by atoms with Crippen LogP contribution in [-0.4, -0.2) is 6.61 Å². The first-order chi connectivity index (χ1) is 9.40. The van der Waals surface area contributed by atoms with Gasteiger partial charge in [-0.1, -0.05) is 60.7 Å². The fourth-order valence-electron chi connectivity index (χ4n) is 1.76. The van der Waals surface area contributed by atoms with Gasteiger partial charge in [0.15, 0.2) is 0 Å². The molecule has 0 heterocycles. The maximum Gasteiger partial charge on any atom is 0.119 e. The lowest BCUT2D eigenvalue weighted by Gasteiger charge is -2.05. The van der Waals surface area contributed by atoms with E-state index in [0.29, 0.717) is 6.61 Å². The van der Waals surface area contributed by atoms with E-state index in [0.717, 1.165) is 5.75 Å². The third-order valence-electron chi connectivity index (χ3n) is 2.75. The molecule has 0 spiro atoms. The second kappa shape index (κ2) is 7.22. The topological polar surface area (TPSA) is 9.23 Å². The van der Waals surface area contributed by atoms with Crippen LogP contribution in [0.4, 0.5) is 0 Å². The highest BCUT2D eigenvalue weighted by molar-refractivity contribution is 5.63. The van der Waals surface area contributed by atoms with Gasteiger partial charge in [0, 0.05) is 0 Å². The highest BCUT2D eigenvalue weighted by Crippen LogP contribution is 2.21. The molecular formula is C18H18O. The summed E-state index contributed by atoms with van der Waals surface area (Å²) in [5.74, 6) is 0.893. The van der Waals surface area contributed by atoms with Crippen LogP contribution in [0.25, 0.3) is 11.1 Å². The zero-order valence-electron chi connectivity index (χ0n) is 11.1. The summed E-state index contributed by atoms with van der Waals surface area (Å²) >= 11 is 0. The summed E-state index contributed by atoms with van der Waals surface area (Å²) < 4.78 is 5.62. The molecule has 0 fully saturated rings. The Balaban J connectivity index is 1.95. The number of rotatable bonds is 5. The molecule has 0 aliphatic carbocycles. The molecular weight excluding hydrogens is 232 g/mol. The predicted molar refractivity (Wildman–Crippen MR) is 81.3 cm³/mol. The molecule has 2 aromatic carbocycles. The number of benzene rings is 2. The van der Waals surface area contributed by atoms with Gasteiger partial charge >= 0.3 is 0 Å². The van der Waals surface area contributed by atoms with E-state index in [2.05, 4.69) is 24.3 Å². The second-order valence-electron chi connectivity index (χ2n) is 4.16. The lowest BCUT2D eigenvalue weighted by molar-refractivity contribution is 0.363. The Hall–Kier alpha value is -2.28. The summed E-state index contributed by atoms with van der Waals surface area (Å²) in [5, 5.41) is 0. The Morgan fingerprint density at radius 3 is 2.21 bits per heavy atom. The van der Waals surface area contributed by atoms with Crippen molar-refractivity contribution in [2.75, 3.05) is 6.61 Å². The summed E-state index contributed by atoms with van der Waals surface area (Å²) in [4.78, 5) is 0. The molecule has 0 radical (unpaired) electrons. The van der Waals surface area contributed by atoms with Gasteiger partial charge in [0.2, 0.25) is 0 Å². The first-order valence-electron chi connectivity index (χ1n) is 6.46. The van der Waals surface area contributed by atoms with E-state index in [4.69, 9.17) is 4.74 Å². The zero-order chi connectivity index (χ0) is 13.3. The first kappa shape index (κ1) is 13.2. The molecule has 1 heteroatoms. The molecule has 0 N–H and O–H groups in total. The smallest absolute Gasteiger partial charge is 0.119 e. The molecule has 2 aromatic rings. The maximum atomic E-state index is 5.62. The fraction of sp³-hybridized carbons (Fsp3) is 0.111. The largest absolute Gasteiger partial charge is 0.490 e. The van der Waals surface area contributed by atoms with Crippen LogP contribution in [0.2, 0.25) is 0 Å². The number of allylic oxidation sites excluding steroid dienone is 3. The van der Waals surface area contributed by atoms with Crippen molar-refractivity contribution in [1.82, 2.24) is 0 Å². The Morgan fingerprint density at radius 2 is 1.53 bits per heavy atom. The zero-order valence-corrected chi connectivity index (χ0v) is 11.1. The summed E-state index contributed by atoms with van der Waals surface area (Å²) in [6.45, 7) is 2.59. The summed E-state index contributed by atoms with van der Waals surface area (Å²) in [6, 6.07) is 18.5. The van der Waals surface area contributed by atoms with Crippen LogP contribution in [0.15, 0.2) is 78.9 Å². The highest BCUT2D eigenvalue weighted by atomic mass is 16.5. The van der Waals surface area contributed by atoms with Gasteiger partial charge in [0.05, 0.1) is 0 Å². The highest BCUT2D eigenvalue weighted by Gasteiger charge is 1.97. The molecule has 0 aliphatic heterocycles. The molecule has 0 saturated heterocycles. The van der Waals surface area contributed by atoms with Crippen molar-refractivity contribution < 1.29 is 4.74 Å². The SMILES string of the molecule is C/C=C/C=C/COc1ccc(-c2ccccc2)cc1. The van der Waals surface area contributed by atoms with E-state index < -0.39 is 0 Å². The molecule has 96 valence electrons. The van der Waals surface area contributed by atoms with Gasteiger partial charge in [-0.2, -0.15) is 0 Å². The number of hydrogen-bond acceptors (Lipinski definition) is 1. The summed E-state index contributed by atoms with van der Waals surface area (Å²) in [7, 11) is 0. The van der Waals surface area contributed by atoms with Crippen molar-refractivity contribution in [2.45, 2.75) is 6.92 Å². The average molecular weight is 250 g/mol. The van der Waals surface area contributed by atoms with Crippen LogP contribution in [0.1, 0.15) is 6.92 Å². The van der Waals surface area contributed by atoms with E-state index in [9.17, 15) is 0 Å². The lowest BCUT2D eigenvalue weighted by atomic mass is 10.1. The van der Waals surface area contributed by atoms with Crippen LogP contribution < -0.4 is 4.74 Å². The van der Waals surface area contributed by atoms with Crippen molar-refractivity contribution >= 4 is 0 Å². The third-order valence-corrected chi connectivity index (χ3v) is 2.75. The van der Waals surface area contributed by atoms with Gasteiger partial charge in [-0.3, -0.25) is 0 Å². The molecule has 0 aromatic heterocycles. The molecule has 0 bridgehead atoms. The molecule has 0 saturated carbocycles. The van der Waals surface area contributed by atoms with Crippen LogP contribution in [0, 0.1) is 0 Å². The number of hydrogen-bond donors (Lipinski definition) is 0. The molecule has 19 heavy (non-hydrogen) atoms. The van der Waals surface area contributed by atoms with E-state index in [1.807, 2.05) is 61.6 Å². The maximum absolute atomic E-state index is 5.62.